The van der Waals surface area contributed by atoms with Gasteiger partial charge in [-0.15, -0.1) is 0 Å². The van der Waals surface area contributed by atoms with Gasteiger partial charge in [0.1, 0.15) is 5.69 Å². The van der Waals surface area contributed by atoms with Crippen LogP contribution in [0.3, 0.4) is 0 Å². The molecule has 2 atom stereocenters. The lowest BCUT2D eigenvalue weighted by molar-refractivity contribution is 0.0690. The molecule has 0 aliphatic carbocycles. The summed E-state index contributed by atoms with van der Waals surface area (Å²) >= 11 is 0. The van der Waals surface area contributed by atoms with Gasteiger partial charge in [-0.3, -0.25) is 4.90 Å². The number of pyridine rings is 1. The maximum atomic E-state index is 10.9. The van der Waals surface area contributed by atoms with Gasteiger partial charge < -0.3 is 5.11 Å². The second-order valence-electron chi connectivity index (χ2n) is 5.32. The van der Waals surface area contributed by atoms with E-state index in [2.05, 4.69) is 23.7 Å². The van der Waals surface area contributed by atoms with Crippen LogP contribution in [0.1, 0.15) is 42.7 Å². The molecule has 2 unspecified atom stereocenters. The normalized spacial score (nSPS) is 25.0. The number of carboxylic acids is 1. The lowest BCUT2D eigenvalue weighted by Gasteiger charge is -2.36. The summed E-state index contributed by atoms with van der Waals surface area (Å²) in [4.78, 5) is 17.2. The average molecular weight is 248 g/mol. The Kier molecular flexibility index (Phi) is 3.97. The van der Waals surface area contributed by atoms with E-state index in [1.807, 2.05) is 6.07 Å². The molecule has 0 bridgehead atoms. The van der Waals surface area contributed by atoms with Crippen molar-refractivity contribution in [2.75, 3.05) is 6.54 Å². The minimum Gasteiger partial charge on any atom is -0.477 e. The predicted molar refractivity (Wildman–Crippen MR) is 69.5 cm³/mol. The van der Waals surface area contributed by atoms with Gasteiger partial charge in [0.15, 0.2) is 0 Å². The summed E-state index contributed by atoms with van der Waals surface area (Å²) < 4.78 is 0. The van der Waals surface area contributed by atoms with Crippen molar-refractivity contribution in [3.63, 3.8) is 0 Å². The lowest BCUT2D eigenvalue weighted by atomic mass is 9.94. The molecule has 1 N–H and O–H groups in total. The van der Waals surface area contributed by atoms with Gasteiger partial charge in [-0.2, -0.15) is 0 Å². The van der Waals surface area contributed by atoms with Crippen molar-refractivity contribution in [2.24, 2.45) is 5.92 Å². The molecule has 2 heterocycles. The number of piperidine rings is 1. The Balaban J connectivity index is 2.08. The Bertz CT molecular complexity index is 434. The molecule has 4 nitrogen and oxygen atoms in total. The molecule has 98 valence electrons. The number of carboxylic acid groups (broad SMARTS) is 1. The molecule has 1 aromatic rings. The molecule has 4 heteroatoms. The zero-order chi connectivity index (χ0) is 13.1. The maximum Gasteiger partial charge on any atom is 0.354 e. The number of hydrogen-bond donors (Lipinski definition) is 1. The van der Waals surface area contributed by atoms with Gasteiger partial charge in [0.2, 0.25) is 0 Å². The molecule has 1 aliphatic heterocycles. The summed E-state index contributed by atoms with van der Waals surface area (Å²) in [6.07, 6.45) is 4.09. The molecule has 18 heavy (non-hydrogen) atoms. The van der Waals surface area contributed by atoms with E-state index < -0.39 is 5.97 Å². The molecule has 0 saturated carbocycles. The van der Waals surface area contributed by atoms with Crippen molar-refractivity contribution in [3.8, 4) is 0 Å². The van der Waals surface area contributed by atoms with Crippen LogP contribution in [0.25, 0.3) is 0 Å². The molecular weight excluding hydrogens is 228 g/mol. The molecule has 2 rings (SSSR count). The van der Waals surface area contributed by atoms with Crippen LogP contribution in [0.5, 0.6) is 0 Å². The third-order valence-electron chi connectivity index (χ3n) is 3.68. The highest BCUT2D eigenvalue weighted by molar-refractivity contribution is 5.85. The Morgan fingerprint density at radius 3 is 3.00 bits per heavy atom. The Morgan fingerprint density at radius 2 is 2.28 bits per heavy atom. The van der Waals surface area contributed by atoms with Crippen molar-refractivity contribution in [2.45, 2.75) is 39.3 Å². The van der Waals surface area contributed by atoms with E-state index in [-0.39, 0.29) is 5.69 Å². The van der Waals surface area contributed by atoms with Crippen LogP contribution in [0.15, 0.2) is 18.3 Å². The van der Waals surface area contributed by atoms with Gasteiger partial charge in [0, 0.05) is 25.3 Å². The van der Waals surface area contributed by atoms with Gasteiger partial charge in [-0.1, -0.05) is 6.92 Å². The minimum absolute atomic E-state index is 0.130. The van der Waals surface area contributed by atoms with Crippen LogP contribution in [0.4, 0.5) is 0 Å². The highest BCUT2D eigenvalue weighted by Gasteiger charge is 2.22. The van der Waals surface area contributed by atoms with Gasteiger partial charge in [-0.25, -0.2) is 9.78 Å². The third kappa shape index (κ3) is 3.07. The standard InChI is InChI=1S/C14H20N2O2/c1-10-3-4-11(2)16(8-10)9-12-5-6-15-13(7-12)14(17)18/h5-7,10-11H,3-4,8-9H2,1-2H3,(H,17,18). The number of rotatable bonds is 3. The molecule has 0 amide bonds. The highest BCUT2D eigenvalue weighted by atomic mass is 16.4. The average Bonchev–Trinajstić information content (AvgIpc) is 2.34. The second-order valence-corrected chi connectivity index (χ2v) is 5.32. The van der Waals surface area contributed by atoms with Crippen LogP contribution in [0.2, 0.25) is 0 Å². The van der Waals surface area contributed by atoms with E-state index >= 15 is 0 Å². The van der Waals surface area contributed by atoms with Crippen LogP contribution in [-0.4, -0.2) is 33.5 Å². The largest absolute Gasteiger partial charge is 0.477 e. The smallest absolute Gasteiger partial charge is 0.354 e. The SMILES string of the molecule is CC1CCC(C)N(Cc2ccnc(C(=O)O)c2)C1. The monoisotopic (exact) mass is 248 g/mol. The molecule has 1 aliphatic rings. The highest BCUT2D eigenvalue weighted by Crippen LogP contribution is 2.23. The van der Waals surface area contributed by atoms with E-state index in [9.17, 15) is 4.79 Å². The topological polar surface area (TPSA) is 53.4 Å². The summed E-state index contributed by atoms with van der Waals surface area (Å²) in [7, 11) is 0. The Morgan fingerprint density at radius 1 is 1.50 bits per heavy atom. The van der Waals surface area contributed by atoms with E-state index in [4.69, 9.17) is 5.11 Å². The Hall–Kier alpha value is -1.42. The van der Waals surface area contributed by atoms with Crippen molar-refractivity contribution < 1.29 is 9.90 Å². The summed E-state index contributed by atoms with van der Waals surface area (Å²) in [5.74, 6) is -0.237. The quantitative estimate of drug-likeness (QED) is 0.892. The molecule has 1 saturated heterocycles. The fourth-order valence-electron chi connectivity index (χ4n) is 2.52. The van der Waals surface area contributed by atoms with Gasteiger partial charge in [0.05, 0.1) is 0 Å². The van der Waals surface area contributed by atoms with E-state index in [1.165, 1.54) is 12.8 Å². The summed E-state index contributed by atoms with van der Waals surface area (Å²) in [5.41, 5.74) is 1.16. The van der Waals surface area contributed by atoms with Crippen LogP contribution in [0, 0.1) is 5.92 Å². The summed E-state index contributed by atoms with van der Waals surface area (Å²) in [5, 5.41) is 8.93. The van der Waals surface area contributed by atoms with Crippen LogP contribution < -0.4 is 0 Å². The van der Waals surface area contributed by atoms with Crippen LogP contribution in [-0.2, 0) is 6.54 Å². The first-order chi connectivity index (χ1) is 8.56. The Labute approximate surface area is 108 Å². The first kappa shape index (κ1) is 13.0. The van der Waals surface area contributed by atoms with Crippen molar-refractivity contribution in [1.29, 1.82) is 0 Å². The number of aromatic nitrogens is 1. The molecule has 0 spiro atoms. The van der Waals surface area contributed by atoms with Gasteiger partial charge in [-0.05, 0) is 43.4 Å². The molecule has 0 aromatic carbocycles. The van der Waals surface area contributed by atoms with Crippen molar-refractivity contribution >= 4 is 5.97 Å². The number of aromatic carboxylic acids is 1. The van der Waals surface area contributed by atoms with E-state index in [0.717, 1.165) is 24.6 Å². The first-order valence-electron chi connectivity index (χ1n) is 6.48. The predicted octanol–water partition coefficient (Wildman–Crippen LogP) is 2.40. The number of carbonyl (C=O) groups is 1. The summed E-state index contributed by atoms with van der Waals surface area (Å²) in [6, 6.07) is 4.15. The van der Waals surface area contributed by atoms with Crippen LogP contribution >= 0.6 is 0 Å². The van der Waals surface area contributed by atoms with Gasteiger partial charge in [0.25, 0.3) is 0 Å². The number of likely N-dealkylation sites (tertiary alicyclic amines) is 1. The van der Waals surface area contributed by atoms with Gasteiger partial charge >= 0.3 is 5.97 Å². The fourth-order valence-corrected chi connectivity index (χ4v) is 2.52. The number of nitrogens with zero attached hydrogens (tertiary/aromatic N) is 2. The van der Waals surface area contributed by atoms with Crippen molar-refractivity contribution in [1.82, 2.24) is 9.88 Å². The second kappa shape index (κ2) is 5.48. The van der Waals surface area contributed by atoms with E-state index in [0.29, 0.717) is 6.04 Å². The fraction of sp³-hybridized carbons (Fsp3) is 0.571. The summed E-state index contributed by atoms with van der Waals surface area (Å²) in [6.45, 7) is 6.42. The molecular formula is C14H20N2O2. The number of hydrogen-bond acceptors (Lipinski definition) is 3. The third-order valence-corrected chi connectivity index (χ3v) is 3.68. The van der Waals surface area contributed by atoms with Crippen molar-refractivity contribution in [3.05, 3.63) is 29.6 Å². The van der Waals surface area contributed by atoms with E-state index in [1.54, 1.807) is 12.3 Å². The maximum absolute atomic E-state index is 10.9. The minimum atomic E-state index is -0.961. The molecule has 1 fully saturated rings. The lowest BCUT2D eigenvalue weighted by Crippen LogP contribution is -2.40. The zero-order valence-electron chi connectivity index (χ0n) is 11.0. The first-order valence-corrected chi connectivity index (χ1v) is 6.48. The zero-order valence-corrected chi connectivity index (χ0v) is 11.0. The molecule has 0 radical (unpaired) electrons. The molecule has 1 aromatic heterocycles.